The Morgan fingerprint density at radius 1 is 1.64 bits per heavy atom. The highest BCUT2D eigenvalue weighted by Gasteiger charge is 2.18. The van der Waals surface area contributed by atoms with Crippen LogP contribution in [0.25, 0.3) is 0 Å². The molecule has 0 atom stereocenters. The van der Waals surface area contributed by atoms with E-state index < -0.39 is 18.6 Å². The standard InChI is InChI=1S/C8H8ClF2NO2/c1-14-8-5(3-13)6(9)4(2-12-8)7(10)11/h2,7,13H,3H2,1H3. The van der Waals surface area contributed by atoms with E-state index in [1.54, 1.807) is 0 Å². The second-order valence-electron chi connectivity index (χ2n) is 2.47. The molecule has 0 fully saturated rings. The SMILES string of the molecule is COc1ncc(C(F)F)c(Cl)c1CO. The van der Waals surface area contributed by atoms with Crippen molar-refractivity contribution in [3.63, 3.8) is 0 Å². The number of hydrogen-bond donors (Lipinski definition) is 1. The number of aliphatic hydroxyl groups is 1. The first-order valence-corrected chi connectivity index (χ1v) is 4.09. The molecule has 0 saturated carbocycles. The van der Waals surface area contributed by atoms with Crippen molar-refractivity contribution in [3.8, 4) is 5.88 Å². The van der Waals surface area contributed by atoms with Crippen LogP contribution in [-0.4, -0.2) is 17.2 Å². The summed E-state index contributed by atoms with van der Waals surface area (Å²) < 4.78 is 29.4. The summed E-state index contributed by atoms with van der Waals surface area (Å²) in [5.41, 5.74) is -0.330. The molecule has 6 heteroatoms. The largest absolute Gasteiger partial charge is 0.481 e. The maximum Gasteiger partial charge on any atom is 0.266 e. The van der Waals surface area contributed by atoms with Gasteiger partial charge < -0.3 is 9.84 Å². The zero-order valence-corrected chi connectivity index (χ0v) is 8.05. The molecule has 1 aromatic heterocycles. The summed E-state index contributed by atoms with van der Waals surface area (Å²) in [5, 5.41) is 8.69. The van der Waals surface area contributed by atoms with Gasteiger partial charge in [0.25, 0.3) is 6.43 Å². The number of aromatic nitrogens is 1. The van der Waals surface area contributed by atoms with Gasteiger partial charge in [0, 0.05) is 6.20 Å². The molecule has 1 heterocycles. The van der Waals surface area contributed by atoms with E-state index in [1.165, 1.54) is 7.11 Å². The molecule has 1 N–H and O–H groups in total. The van der Waals surface area contributed by atoms with Crippen LogP contribution in [0.15, 0.2) is 6.20 Å². The van der Waals surface area contributed by atoms with Crippen molar-refractivity contribution < 1.29 is 18.6 Å². The van der Waals surface area contributed by atoms with Gasteiger partial charge in [-0.1, -0.05) is 11.6 Å². The summed E-state index contributed by atoms with van der Waals surface area (Å²) >= 11 is 5.63. The van der Waals surface area contributed by atoms with Gasteiger partial charge in [-0.15, -0.1) is 0 Å². The van der Waals surface area contributed by atoms with E-state index in [-0.39, 0.29) is 16.5 Å². The van der Waals surface area contributed by atoms with E-state index in [2.05, 4.69) is 4.98 Å². The summed E-state index contributed by atoms with van der Waals surface area (Å²) in [6, 6.07) is 0. The Bertz CT molecular complexity index is 333. The molecule has 0 unspecified atom stereocenters. The fraction of sp³-hybridized carbons (Fsp3) is 0.375. The predicted molar refractivity (Wildman–Crippen MR) is 46.7 cm³/mol. The summed E-state index contributed by atoms with van der Waals surface area (Å²) in [7, 11) is 1.32. The Morgan fingerprint density at radius 3 is 2.71 bits per heavy atom. The van der Waals surface area contributed by atoms with E-state index in [9.17, 15) is 8.78 Å². The van der Waals surface area contributed by atoms with Gasteiger partial charge in [0.05, 0.1) is 29.9 Å². The summed E-state index contributed by atoms with van der Waals surface area (Å²) in [6.07, 6.45) is -1.78. The molecule has 0 aromatic carbocycles. The van der Waals surface area contributed by atoms with E-state index in [0.29, 0.717) is 0 Å². The van der Waals surface area contributed by atoms with Crippen molar-refractivity contribution in [2.75, 3.05) is 7.11 Å². The molecule has 1 rings (SSSR count). The number of ether oxygens (including phenoxy) is 1. The maximum atomic E-state index is 12.3. The molecule has 0 saturated heterocycles. The first-order chi connectivity index (χ1) is 6.61. The second-order valence-corrected chi connectivity index (χ2v) is 2.85. The van der Waals surface area contributed by atoms with Crippen LogP contribution in [0.2, 0.25) is 5.02 Å². The van der Waals surface area contributed by atoms with Gasteiger partial charge in [-0.25, -0.2) is 13.8 Å². The number of methoxy groups -OCH3 is 1. The first kappa shape index (κ1) is 11.1. The average Bonchev–Trinajstić information content (AvgIpc) is 2.16. The van der Waals surface area contributed by atoms with Crippen molar-refractivity contribution in [1.82, 2.24) is 4.98 Å². The predicted octanol–water partition coefficient (Wildman–Crippen LogP) is 2.17. The Balaban J connectivity index is 3.27. The molecular weight excluding hydrogens is 216 g/mol. The van der Waals surface area contributed by atoms with Gasteiger partial charge in [-0.3, -0.25) is 0 Å². The third-order valence-electron chi connectivity index (χ3n) is 1.68. The summed E-state index contributed by atoms with van der Waals surface area (Å²) in [4.78, 5) is 3.60. The summed E-state index contributed by atoms with van der Waals surface area (Å²) in [6.45, 7) is -0.491. The third-order valence-corrected chi connectivity index (χ3v) is 2.13. The quantitative estimate of drug-likeness (QED) is 0.854. The van der Waals surface area contributed by atoms with Crippen LogP contribution in [0.3, 0.4) is 0 Å². The van der Waals surface area contributed by atoms with Crippen molar-refractivity contribution in [1.29, 1.82) is 0 Å². The fourth-order valence-electron chi connectivity index (χ4n) is 0.996. The van der Waals surface area contributed by atoms with E-state index >= 15 is 0 Å². The molecule has 0 aliphatic carbocycles. The molecule has 0 aliphatic heterocycles. The average molecular weight is 224 g/mol. The molecular formula is C8H8ClF2NO2. The lowest BCUT2D eigenvalue weighted by molar-refractivity contribution is 0.150. The monoisotopic (exact) mass is 223 g/mol. The van der Waals surface area contributed by atoms with Crippen LogP contribution in [0, 0.1) is 0 Å². The molecule has 0 aliphatic rings. The Hall–Kier alpha value is -0.940. The van der Waals surface area contributed by atoms with Gasteiger partial charge in [0.1, 0.15) is 0 Å². The molecule has 0 bridgehead atoms. The van der Waals surface area contributed by atoms with Crippen molar-refractivity contribution in [2.24, 2.45) is 0 Å². The Labute approximate surface area is 84.3 Å². The lowest BCUT2D eigenvalue weighted by Gasteiger charge is -2.10. The van der Waals surface area contributed by atoms with E-state index in [0.717, 1.165) is 6.20 Å². The van der Waals surface area contributed by atoms with Crippen LogP contribution in [-0.2, 0) is 6.61 Å². The molecule has 0 amide bonds. The topological polar surface area (TPSA) is 42.4 Å². The van der Waals surface area contributed by atoms with Crippen LogP contribution in [0.4, 0.5) is 8.78 Å². The van der Waals surface area contributed by atoms with Crippen molar-refractivity contribution in [2.45, 2.75) is 13.0 Å². The zero-order valence-electron chi connectivity index (χ0n) is 7.30. The van der Waals surface area contributed by atoms with Gasteiger partial charge >= 0.3 is 0 Å². The molecule has 14 heavy (non-hydrogen) atoms. The minimum atomic E-state index is -2.72. The number of alkyl halides is 2. The van der Waals surface area contributed by atoms with E-state index in [4.69, 9.17) is 21.4 Å². The molecule has 0 radical (unpaired) electrons. The number of hydrogen-bond acceptors (Lipinski definition) is 3. The number of halogens is 3. The van der Waals surface area contributed by atoms with Crippen LogP contribution >= 0.6 is 11.6 Å². The minimum Gasteiger partial charge on any atom is -0.481 e. The highest BCUT2D eigenvalue weighted by Crippen LogP contribution is 2.33. The van der Waals surface area contributed by atoms with Gasteiger partial charge in [-0.05, 0) is 0 Å². The normalized spacial score (nSPS) is 10.7. The second kappa shape index (κ2) is 4.52. The first-order valence-electron chi connectivity index (χ1n) is 3.72. The van der Waals surface area contributed by atoms with Gasteiger partial charge in [0.2, 0.25) is 5.88 Å². The summed E-state index contributed by atoms with van der Waals surface area (Å²) in [5.74, 6) is 0.0573. The molecule has 1 aromatic rings. The number of rotatable bonds is 3. The molecule has 3 nitrogen and oxygen atoms in total. The smallest absolute Gasteiger partial charge is 0.266 e. The van der Waals surface area contributed by atoms with Crippen LogP contribution < -0.4 is 4.74 Å². The van der Waals surface area contributed by atoms with Crippen LogP contribution in [0.5, 0.6) is 5.88 Å². The van der Waals surface area contributed by atoms with E-state index in [1.807, 2.05) is 0 Å². The van der Waals surface area contributed by atoms with Crippen molar-refractivity contribution >= 4 is 11.6 Å². The Kier molecular flexibility index (Phi) is 3.60. The Morgan fingerprint density at radius 2 is 2.29 bits per heavy atom. The third kappa shape index (κ3) is 1.93. The number of aliphatic hydroxyl groups excluding tert-OH is 1. The lowest BCUT2D eigenvalue weighted by Crippen LogP contribution is -2.00. The molecule has 0 spiro atoms. The van der Waals surface area contributed by atoms with Gasteiger partial charge in [-0.2, -0.15) is 0 Å². The number of nitrogens with zero attached hydrogens (tertiary/aromatic N) is 1. The van der Waals surface area contributed by atoms with Gasteiger partial charge in [0.15, 0.2) is 0 Å². The molecule has 78 valence electrons. The highest BCUT2D eigenvalue weighted by atomic mass is 35.5. The van der Waals surface area contributed by atoms with Crippen molar-refractivity contribution in [3.05, 3.63) is 22.3 Å². The maximum absolute atomic E-state index is 12.3. The number of pyridine rings is 1. The van der Waals surface area contributed by atoms with Crippen LogP contribution in [0.1, 0.15) is 17.6 Å². The zero-order chi connectivity index (χ0) is 10.7. The fourth-order valence-corrected chi connectivity index (χ4v) is 1.27. The lowest BCUT2D eigenvalue weighted by atomic mass is 10.2. The highest BCUT2D eigenvalue weighted by molar-refractivity contribution is 6.32. The minimum absolute atomic E-state index is 0.0573.